The molecule has 0 aliphatic rings. The second-order valence-electron chi connectivity index (χ2n) is 2.86. The predicted octanol–water partition coefficient (Wildman–Crippen LogP) is -2.58. The average Bonchev–Trinajstić information content (AvgIpc) is 2.09. The lowest BCUT2D eigenvalue weighted by atomic mass is 9.73. The number of ether oxygens (including phenoxy) is 1. The molecule has 0 amide bonds. The maximum absolute atomic E-state index is 10.9. The van der Waals surface area contributed by atoms with Crippen LogP contribution in [0.2, 0.25) is 5.82 Å². The minimum atomic E-state index is -1.54. The smallest absolute Gasteiger partial charge is 0.305 e. The molecular formula is C6H16BN4O3. The third-order valence-electron chi connectivity index (χ3n) is 1.61. The molecule has 0 aliphatic heterocycles. The summed E-state index contributed by atoms with van der Waals surface area (Å²) in [5.41, 5.74) is 21.3. The van der Waals surface area contributed by atoms with Gasteiger partial charge in [0.2, 0.25) is 0 Å². The van der Waals surface area contributed by atoms with Crippen LogP contribution < -0.4 is 22.9 Å². The van der Waals surface area contributed by atoms with Crippen LogP contribution in [0.3, 0.4) is 0 Å². The number of hydrogen-bond donors (Lipinski definition) is 4. The van der Waals surface area contributed by atoms with Crippen LogP contribution in [0, 0.1) is 0 Å². The molecule has 8 heteroatoms. The first kappa shape index (κ1) is 13.3. The van der Waals surface area contributed by atoms with E-state index in [1.54, 1.807) is 0 Å². The molecule has 0 aromatic rings. The van der Waals surface area contributed by atoms with Crippen molar-refractivity contribution in [2.75, 3.05) is 13.8 Å². The van der Waals surface area contributed by atoms with Crippen LogP contribution in [-0.2, 0) is 14.2 Å². The lowest BCUT2D eigenvalue weighted by Gasteiger charge is -2.27. The van der Waals surface area contributed by atoms with Gasteiger partial charge in [-0.3, -0.25) is 4.79 Å². The fourth-order valence-electron chi connectivity index (χ4n) is 0.777. The van der Waals surface area contributed by atoms with E-state index in [-0.39, 0.29) is 13.2 Å². The molecule has 0 aromatic heterocycles. The van der Waals surface area contributed by atoms with Crippen molar-refractivity contribution < 1.29 is 14.2 Å². The highest BCUT2D eigenvalue weighted by molar-refractivity contribution is 6.30. The number of rotatable bonds is 6. The molecule has 0 unspecified atom stereocenters. The Morgan fingerprint density at radius 2 is 2.07 bits per heavy atom. The molecule has 0 aromatic carbocycles. The number of nitrogens with two attached hydrogens (primary N) is 4. The second kappa shape index (κ2) is 5.94. The van der Waals surface area contributed by atoms with Gasteiger partial charge < -0.3 is 32.3 Å². The van der Waals surface area contributed by atoms with Crippen molar-refractivity contribution in [3.63, 3.8) is 0 Å². The summed E-state index contributed by atoms with van der Waals surface area (Å²) in [6, 6.07) is 0. The van der Waals surface area contributed by atoms with Crippen LogP contribution in [0.1, 0.15) is 6.42 Å². The number of methoxy groups -OCH3 is 1. The highest BCUT2D eigenvalue weighted by Gasteiger charge is 2.30. The van der Waals surface area contributed by atoms with Crippen LogP contribution in [0.25, 0.3) is 0 Å². The molecule has 8 N–H and O–H groups in total. The molecule has 0 saturated carbocycles. The third kappa shape index (κ3) is 5.15. The molecule has 0 rings (SSSR count). The van der Waals surface area contributed by atoms with Crippen molar-refractivity contribution in [3.05, 3.63) is 0 Å². The minimum absolute atomic E-state index is 0.0340. The zero-order valence-electron chi connectivity index (χ0n) is 8.10. The van der Waals surface area contributed by atoms with E-state index >= 15 is 0 Å². The molecular weight excluding hydrogens is 187 g/mol. The van der Waals surface area contributed by atoms with Gasteiger partial charge in [-0.2, -0.15) is 0 Å². The fourth-order valence-corrected chi connectivity index (χ4v) is 0.777. The summed E-state index contributed by atoms with van der Waals surface area (Å²) < 4.78 is 9.22. The predicted molar refractivity (Wildman–Crippen MR) is 51.6 cm³/mol. The minimum Gasteiger partial charge on any atom is -0.469 e. The highest BCUT2D eigenvalue weighted by Crippen LogP contribution is 2.16. The summed E-state index contributed by atoms with van der Waals surface area (Å²) >= 11 is 0. The summed E-state index contributed by atoms with van der Waals surface area (Å²) in [5.74, 6) is -2.67. The second-order valence-corrected chi connectivity index (χ2v) is 2.86. The van der Waals surface area contributed by atoms with E-state index < -0.39 is 17.6 Å². The average molecular weight is 203 g/mol. The zero-order chi connectivity index (χ0) is 11.2. The van der Waals surface area contributed by atoms with Gasteiger partial charge in [0, 0.05) is 12.2 Å². The maximum Gasteiger partial charge on any atom is 0.305 e. The largest absolute Gasteiger partial charge is 0.469 e. The van der Waals surface area contributed by atoms with Crippen molar-refractivity contribution in [1.82, 2.24) is 0 Å². The Morgan fingerprint density at radius 3 is 2.43 bits per heavy atom. The van der Waals surface area contributed by atoms with Crippen molar-refractivity contribution in [3.8, 4) is 0 Å². The van der Waals surface area contributed by atoms with Crippen LogP contribution in [-0.4, -0.2) is 33.1 Å². The molecule has 81 valence electrons. The van der Waals surface area contributed by atoms with E-state index in [0.29, 0.717) is 0 Å². The Hall–Kier alpha value is -0.665. The molecule has 0 fully saturated rings. The van der Waals surface area contributed by atoms with E-state index in [1.165, 1.54) is 14.6 Å². The molecule has 0 bridgehead atoms. The van der Waals surface area contributed by atoms with Gasteiger partial charge in [0.05, 0.1) is 13.8 Å². The van der Waals surface area contributed by atoms with E-state index in [4.69, 9.17) is 27.6 Å². The summed E-state index contributed by atoms with van der Waals surface area (Å²) in [6.07, 6.45) is -0.0556. The van der Waals surface area contributed by atoms with Gasteiger partial charge in [0.1, 0.15) is 5.79 Å². The van der Waals surface area contributed by atoms with Crippen LogP contribution in [0.4, 0.5) is 0 Å². The Kier molecular flexibility index (Phi) is 5.66. The molecule has 1 radical (unpaired) electrons. The third-order valence-corrected chi connectivity index (χ3v) is 1.61. The Balaban J connectivity index is 4.18. The Labute approximate surface area is 83.3 Å². The Morgan fingerprint density at radius 1 is 1.50 bits per heavy atom. The van der Waals surface area contributed by atoms with E-state index in [1.807, 2.05) is 0 Å². The SMILES string of the molecule is COC(=O)C[C@H]([B]OCN)C(N)(N)N. The van der Waals surface area contributed by atoms with Crippen molar-refractivity contribution >= 4 is 13.5 Å². The molecule has 0 spiro atoms. The molecule has 0 heterocycles. The van der Waals surface area contributed by atoms with E-state index in [2.05, 4.69) is 4.74 Å². The standard InChI is InChI=1S/C6H16BN4O3/c1-13-5(12)2-4(6(9,10)11)7-14-3-8/h4H,2-3,8-11H2,1H3/t4-/m0/s1. The van der Waals surface area contributed by atoms with E-state index in [9.17, 15) is 4.79 Å². The van der Waals surface area contributed by atoms with Gasteiger partial charge in [0.15, 0.2) is 0 Å². The van der Waals surface area contributed by atoms with Crippen molar-refractivity contribution in [2.24, 2.45) is 22.9 Å². The first-order valence-electron chi connectivity index (χ1n) is 4.00. The summed E-state index contributed by atoms with van der Waals surface area (Å²) in [4.78, 5) is 10.9. The first-order chi connectivity index (χ1) is 6.41. The molecule has 1 atom stereocenters. The quantitative estimate of drug-likeness (QED) is 0.211. The number of esters is 1. The summed E-state index contributed by atoms with van der Waals surface area (Å²) in [6.45, 7) is -0.0340. The maximum atomic E-state index is 10.9. The van der Waals surface area contributed by atoms with Crippen LogP contribution >= 0.6 is 0 Å². The lowest BCUT2D eigenvalue weighted by Crippen LogP contribution is -2.62. The van der Waals surface area contributed by atoms with Crippen molar-refractivity contribution in [1.29, 1.82) is 0 Å². The van der Waals surface area contributed by atoms with Crippen molar-refractivity contribution in [2.45, 2.75) is 18.0 Å². The number of hydrogen-bond acceptors (Lipinski definition) is 7. The van der Waals surface area contributed by atoms with E-state index in [0.717, 1.165) is 0 Å². The van der Waals surface area contributed by atoms with Gasteiger partial charge in [-0.1, -0.05) is 0 Å². The normalized spacial score (nSPS) is 13.5. The zero-order valence-corrected chi connectivity index (χ0v) is 8.10. The van der Waals surface area contributed by atoms with Gasteiger partial charge >= 0.3 is 13.5 Å². The lowest BCUT2D eigenvalue weighted by molar-refractivity contribution is -0.141. The number of carbonyl (C=O) groups is 1. The van der Waals surface area contributed by atoms with Gasteiger partial charge in [0.25, 0.3) is 0 Å². The highest BCUT2D eigenvalue weighted by atomic mass is 16.5. The first-order valence-corrected chi connectivity index (χ1v) is 4.00. The van der Waals surface area contributed by atoms with Gasteiger partial charge in [-0.15, -0.1) is 0 Å². The topological polar surface area (TPSA) is 140 Å². The molecule has 0 aliphatic carbocycles. The summed E-state index contributed by atoms with van der Waals surface area (Å²) in [5, 5.41) is 0. The monoisotopic (exact) mass is 203 g/mol. The Bertz CT molecular complexity index is 184. The molecule has 14 heavy (non-hydrogen) atoms. The molecule has 7 nitrogen and oxygen atoms in total. The fraction of sp³-hybridized carbons (Fsp3) is 0.833. The van der Waals surface area contributed by atoms with Gasteiger partial charge in [-0.25, -0.2) is 0 Å². The number of carbonyl (C=O) groups excluding carboxylic acids is 1. The molecule has 0 saturated heterocycles. The summed E-state index contributed by atoms with van der Waals surface area (Å²) in [7, 11) is 2.51. The van der Waals surface area contributed by atoms with Gasteiger partial charge in [-0.05, 0) is 0 Å². The van der Waals surface area contributed by atoms with Crippen LogP contribution in [0.5, 0.6) is 0 Å². The van der Waals surface area contributed by atoms with Crippen LogP contribution in [0.15, 0.2) is 0 Å².